The van der Waals surface area contributed by atoms with Crippen molar-refractivity contribution >= 4 is 11.4 Å². The number of benzene rings is 3. The third-order valence-electron chi connectivity index (χ3n) is 3.62. The summed E-state index contributed by atoms with van der Waals surface area (Å²) in [6.07, 6.45) is 0.832. The monoisotopic (exact) mass is 285 g/mol. The van der Waals surface area contributed by atoms with Gasteiger partial charge in [0.15, 0.2) is 0 Å². The fourth-order valence-electron chi connectivity index (χ4n) is 2.40. The van der Waals surface area contributed by atoms with Crippen LogP contribution in [0, 0.1) is 6.92 Å². The first-order valence-electron chi connectivity index (χ1n) is 7.55. The Bertz CT molecular complexity index is 741. The number of hydrogen-bond acceptors (Lipinski definition) is 1. The quantitative estimate of drug-likeness (QED) is 0.572. The largest absolute Gasteiger partial charge is 0.252 e. The third kappa shape index (κ3) is 3.70. The van der Waals surface area contributed by atoms with Crippen molar-refractivity contribution in [3.8, 4) is 0 Å². The van der Waals surface area contributed by atoms with Crippen LogP contribution < -0.4 is 0 Å². The van der Waals surface area contributed by atoms with Crippen LogP contribution in [0.3, 0.4) is 0 Å². The van der Waals surface area contributed by atoms with Crippen LogP contribution in [-0.2, 0) is 6.42 Å². The van der Waals surface area contributed by atoms with Gasteiger partial charge in [0.05, 0.1) is 11.4 Å². The van der Waals surface area contributed by atoms with Crippen molar-refractivity contribution in [3.05, 3.63) is 102 Å². The van der Waals surface area contributed by atoms with Gasteiger partial charge in [-0.3, -0.25) is 4.99 Å². The molecular formula is C21H19N. The van der Waals surface area contributed by atoms with E-state index in [2.05, 4.69) is 79.7 Å². The second-order valence-corrected chi connectivity index (χ2v) is 5.42. The van der Waals surface area contributed by atoms with Gasteiger partial charge in [0.1, 0.15) is 0 Å². The summed E-state index contributed by atoms with van der Waals surface area (Å²) in [4.78, 5) is 4.88. The lowest BCUT2D eigenvalue weighted by atomic mass is 10.0. The van der Waals surface area contributed by atoms with Gasteiger partial charge in [0.25, 0.3) is 0 Å². The molecule has 0 aromatic heterocycles. The molecular weight excluding hydrogens is 266 g/mol. The summed E-state index contributed by atoms with van der Waals surface area (Å²) in [6.45, 7) is 2.09. The molecule has 0 aliphatic heterocycles. The van der Waals surface area contributed by atoms with Crippen LogP contribution in [0.1, 0.15) is 16.7 Å². The summed E-state index contributed by atoms with van der Waals surface area (Å²) in [7, 11) is 0. The van der Waals surface area contributed by atoms with Gasteiger partial charge in [0.2, 0.25) is 0 Å². The molecule has 0 aliphatic rings. The molecule has 0 spiro atoms. The van der Waals surface area contributed by atoms with Gasteiger partial charge in [-0.2, -0.15) is 0 Å². The Balaban J connectivity index is 1.97. The van der Waals surface area contributed by atoms with Crippen molar-refractivity contribution in [2.75, 3.05) is 0 Å². The first-order valence-corrected chi connectivity index (χ1v) is 7.55. The fourth-order valence-corrected chi connectivity index (χ4v) is 2.40. The second kappa shape index (κ2) is 6.86. The molecule has 0 aliphatic carbocycles. The van der Waals surface area contributed by atoms with Gasteiger partial charge in [-0.15, -0.1) is 0 Å². The molecule has 0 heterocycles. The molecule has 0 atom stereocenters. The van der Waals surface area contributed by atoms with Gasteiger partial charge in [-0.05, 0) is 30.2 Å². The number of aliphatic imine (C=N–C) groups is 1. The fraction of sp³-hybridized carbons (Fsp3) is 0.0952. The first kappa shape index (κ1) is 14.3. The van der Waals surface area contributed by atoms with Crippen molar-refractivity contribution < 1.29 is 0 Å². The predicted molar refractivity (Wildman–Crippen MR) is 94.0 cm³/mol. The van der Waals surface area contributed by atoms with Gasteiger partial charge < -0.3 is 0 Å². The predicted octanol–water partition coefficient (Wildman–Crippen LogP) is 5.36. The minimum absolute atomic E-state index is 0.832. The number of nitrogens with zero attached hydrogens (tertiary/aromatic N) is 1. The van der Waals surface area contributed by atoms with Gasteiger partial charge in [0, 0.05) is 6.42 Å². The molecule has 0 radical (unpaired) electrons. The maximum absolute atomic E-state index is 4.88. The smallest absolute Gasteiger partial charge is 0.0633 e. The van der Waals surface area contributed by atoms with Crippen molar-refractivity contribution in [1.82, 2.24) is 0 Å². The van der Waals surface area contributed by atoms with Crippen LogP contribution in [0.2, 0.25) is 0 Å². The Kier molecular flexibility index (Phi) is 4.45. The molecule has 108 valence electrons. The maximum atomic E-state index is 4.88. The average molecular weight is 285 g/mol. The average Bonchev–Trinajstić information content (AvgIpc) is 2.58. The molecule has 0 saturated carbocycles. The molecule has 3 aromatic rings. The molecule has 0 saturated heterocycles. The highest BCUT2D eigenvalue weighted by molar-refractivity contribution is 6.03. The van der Waals surface area contributed by atoms with Crippen LogP contribution >= 0.6 is 0 Å². The minimum Gasteiger partial charge on any atom is -0.252 e. The van der Waals surface area contributed by atoms with E-state index in [0.717, 1.165) is 17.8 Å². The lowest BCUT2D eigenvalue weighted by Gasteiger charge is -2.08. The summed E-state index contributed by atoms with van der Waals surface area (Å²) in [5, 5.41) is 0. The van der Waals surface area contributed by atoms with Gasteiger partial charge in [-0.25, -0.2) is 0 Å². The zero-order valence-corrected chi connectivity index (χ0v) is 12.7. The van der Waals surface area contributed by atoms with Crippen LogP contribution in [-0.4, -0.2) is 5.71 Å². The summed E-state index contributed by atoms with van der Waals surface area (Å²) in [6, 6.07) is 29.2. The van der Waals surface area contributed by atoms with E-state index >= 15 is 0 Å². The third-order valence-corrected chi connectivity index (χ3v) is 3.62. The van der Waals surface area contributed by atoms with E-state index in [-0.39, 0.29) is 0 Å². The van der Waals surface area contributed by atoms with Crippen molar-refractivity contribution in [1.29, 1.82) is 0 Å². The molecule has 0 bridgehead atoms. The second-order valence-electron chi connectivity index (χ2n) is 5.42. The highest BCUT2D eigenvalue weighted by Crippen LogP contribution is 2.17. The van der Waals surface area contributed by atoms with Crippen LogP contribution in [0.15, 0.2) is 89.9 Å². The van der Waals surface area contributed by atoms with E-state index in [1.807, 2.05) is 12.1 Å². The summed E-state index contributed by atoms with van der Waals surface area (Å²) >= 11 is 0. The van der Waals surface area contributed by atoms with E-state index in [1.165, 1.54) is 16.7 Å². The normalized spacial score (nSPS) is 11.4. The molecule has 1 nitrogen and oxygen atoms in total. The van der Waals surface area contributed by atoms with Crippen LogP contribution in [0.25, 0.3) is 0 Å². The van der Waals surface area contributed by atoms with E-state index in [0.29, 0.717) is 0 Å². The highest BCUT2D eigenvalue weighted by atomic mass is 14.7. The Labute approximate surface area is 132 Å². The number of hydrogen-bond donors (Lipinski definition) is 0. The Hall–Kier alpha value is -2.67. The molecule has 3 rings (SSSR count). The molecule has 1 heteroatoms. The molecule has 0 unspecified atom stereocenters. The molecule has 0 fully saturated rings. The molecule has 3 aromatic carbocycles. The van der Waals surface area contributed by atoms with E-state index in [1.54, 1.807) is 0 Å². The topological polar surface area (TPSA) is 12.4 Å². The molecule has 0 amide bonds. The number of aryl methyl sites for hydroxylation is 1. The van der Waals surface area contributed by atoms with Gasteiger partial charge in [-0.1, -0.05) is 78.4 Å². The first-order chi connectivity index (χ1) is 10.8. The lowest BCUT2D eigenvalue weighted by molar-refractivity contribution is 1.29. The van der Waals surface area contributed by atoms with Crippen molar-refractivity contribution in [3.63, 3.8) is 0 Å². The van der Waals surface area contributed by atoms with Gasteiger partial charge >= 0.3 is 0 Å². The Morgan fingerprint density at radius 1 is 0.727 bits per heavy atom. The summed E-state index contributed by atoms with van der Waals surface area (Å²) in [5.41, 5.74) is 5.79. The van der Waals surface area contributed by atoms with Crippen LogP contribution in [0.5, 0.6) is 0 Å². The summed E-state index contributed by atoms with van der Waals surface area (Å²) < 4.78 is 0. The van der Waals surface area contributed by atoms with E-state index < -0.39 is 0 Å². The molecule has 22 heavy (non-hydrogen) atoms. The Morgan fingerprint density at radius 3 is 1.95 bits per heavy atom. The van der Waals surface area contributed by atoms with Crippen LogP contribution in [0.4, 0.5) is 5.69 Å². The van der Waals surface area contributed by atoms with E-state index in [9.17, 15) is 0 Å². The Morgan fingerprint density at radius 2 is 1.32 bits per heavy atom. The SMILES string of the molecule is Cc1ccc(N=C(Cc2ccccc2)c2ccccc2)cc1. The zero-order valence-electron chi connectivity index (χ0n) is 12.7. The van der Waals surface area contributed by atoms with E-state index in [4.69, 9.17) is 4.99 Å². The standard InChI is InChI=1S/C21H19N/c1-17-12-14-20(15-13-17)22-21(19-10-6-3-7-11-19)16-18-8-4-2-5-9-18/h2-15H,16H2,1H3. The summed E-state index contributed by atoms with van der Waals surface area (Å²) in [5.74, 6) is 0. The van der Waals surface area contributed by atoms with Crippen molar-refractivity contribution in [2.24, 2.45) is 4.99 Å². The number of rotatable bonds is 4. The zero-order chi connectivity index (χ0) is 15.2. The maximum Gasteiger partial charge on any atom is 0.0633 e. The lowest BCUT2D eigenvalue weighted by Crippen LogP contribution is -2.05. The molecule has 0 N–H and O–H groups in total. The van der Waals surface area contributed by atoms with Crippen molar-refractivity contribution in [2.45, 2.75) is 13.3 Å². The highest BCUT2D eigenvalue weighted by Gasteiger charge is 2.05. The minimum atomic E-state index is 0.832.